The van der Waals surface area contributed by atoms with Crippen molar-refractivity contribution >= 4 is 17.8 Å². The molecule has 0 radical (unpaired) electrons. The molecule has 1 aromatic rings. The van der Waals surface area contributed by atoms with Gasteiger partial charge in [-0.15, -0.1) is 0 Å². The zero-order valence-electron chi connectivity index (χ0n) is 12.2. The van der Waals surface area contributed by atoms with Gasteiger partial charge in [-0.1, -0.05) is 44.2 Å². The molecule has 0 spiro atoms. The normalized spacial score (nSPS) is 22.8. The van der Waals surface area contributed by atoms with Gasteiger partial charge in [-0.3, -0.25) is 19.7 Å². The van der Waals surface area contributed by atoms with E-state index in [4.69, 9.17) is 4.74 Å². The van der Waals surface area contributed by atoms with Crippen molar-refractivity contribution in [2.75, 3.05) is 0 Å². The molecule has 2 rings (SSSR count). The molecule has 1 aromatic carbocycles. The highest BCUT2D eigenvalue weighted by atomic mass is 16.6. The molecule has 2 atom stereocenters. The molecule has 1 N–H and O–H groups in total. The van der Waals surface area contributed by atoms with Crippen LogP contribution < -0.4 is 5.32 Å². The van der Waals surface area contributed by atoms with Gasteiger partial charge >= 0.3 is 5.97 Å². The van der Waals surface area contributed by atoms with Crippen LogP contribution in [0.2, 0.25) is 0 Å². The Morgan fingerprint density at radius 2 is 1.95 bits per heavy atom. The second-order valence-corrected chi connectivity index (χ2v) is 5.19. The topological polar surface area (TPSA) is 72.5 Å². The van der Waals surface area contributed by atoms with Crippen molar-refractivity contribution in [1.29, 1.82) is 0 Å². The average Bonchev–Trinajstić information content (AvgIpc) is 2.75. The lowest BCUT2D eigenvalue weighted by Gasteiger charge is -2.26. The molecular formula is C16H19NO4. The number of ether oxygens (including phenoxy) is 1. The summed E-state index contributed by atoms with van der Waals surface area (Å²) in [5, 5.41) is 2.21. The Kier molecular flexibility index (Phi) is 4.40. The number of carbonyl (C=O) groups excluding carboxylic acids is 3. The zero-order chi connectivity index (χ0) is 15.5. The summed E-state index contributed by atoms with van der Waals surface area (Å²) in [6.07, 6.45) is 0.749. The van der Waals surface area contributed by atoms with E-state index in [2.05, 4.69) is 5.32 Å². The molecule has 0 bridgehead atoms. The van der Waals surface area contributed by atoms with Gasteiger partial charge in [-0.25, -0.2) is 0 Å². The molecule has 5 nitrogen and oxygen atoms in total. The fraction of sp³-hybridized carbons (Fsp3) is 0.438. The van der Waals surface area contributed by atoms with Gasteiger partial charge in [-0.05, 0) is 18.4 Å². The third kappa shape index (κ3) is 2.96. The van der Waals surface area contributed by atoms with E-state index in [9.17, 15) is 14.4 Å². The van der Waals surface area contributed by atoms with E-state index in [0.717, 1.165) is 5.56 Å². The SMILES string of the molecule is CCC(C(=O)OC1(CC)CC(=O)NC1=O)c1ccccc1. The van der Waals surface area contributed by atoms with Gasteiger partial charge in [0.05, 0.1) is 12.3 Å². The molecule has 0 aromatic heterocycles. The molecule has 1 aliphatic rings. The van der Waals surface area contributed by atoms with Gasteiger partial charge < -0.3 is 4.74 Å². The smallest absolute Gasteiger partial charge is 0.314 e. The Balaban J connectivity index is 2.19. The van der Waals surface area contributed by atoms with Gasteiger partial charge in [0.2, 0.25) is 5.91 Å². The van der Waals surface area contributed by atoms with Crippen LogP contribution >= 0.6 is 0 Å². The summed E-state index contributed by atoms with van der Waals surface area (Å²) in [6.45, 7) is 3.62. The van der Waals surface area contributed by atoms with Crippen LogP contribution in [0, 0.1) is 0 Å². The summed E-state index contributed by atoms with van der Waals surface area (Å²) in [6, 6.07) is 9.29. The van der Waals surface area contributed by atoms with E-state index < -0.39 is 29.3 Å². The number of carbonyl (C=O) groups is 3. The third-order valence-corrected chi connectivity index (χ3v) is 3.87. The van der Waals surface area contributed by atoms with Crippen molar-refractivity contribution in [3.8, 4) is 0 Å². The fourth-order valence-corrected chi connectivity index (χ4v) is 2.55. The lowest BCUT2D eigenvalue weighted by Crippen LogP contribution is -2.43. The lowest BCUT2D eigenvalue weighted by atomic mass is 9.94. The highest BCUT2D eigenvalue weighted by molar-refractivity contribution is 6.08. The quantitative estimate of drug-likeness (QED) is 0.664. The van der Waals surface area contributed by atoms with Crippen LogP contribution in [-0.2, 0) is 19.1 Å². The number of nitrogens with one attached hydrogen (secondary N) is 1. The molecule has 2 amide bonds. The lowest BCUT2D eigenvalue weighted by molar-refractivity contribution is -0.168. The second kappa shape index (κ2) is 6.08. The highest BCUT2D eigenvalue weighted by Crippen LogP contribution is 2.30. The zero-order valence-corrected chi connectivity index (χ0v) is 12.2. The van der Waals surface area contributed by atoms with Crippen molar-refractivity contribution in [3.63, 3.8) is 0 Å². The summed E-state index contributed by atoms with van der Waals surface area (Å²) < 4.78 is 5.47. The van der Waals surface area contributed by atoms with Gasteiger partial charge in [-0.2, -0.15) is 0 Å². The average molecular weight is 289 g/mol. The molecule has 2 unspecified atom stereocenters. The Labute approximate surface area is 123 Å². The van der Waals surface area contributed by atoms with Crippen LogP contribution in [-0.4, -0.2) is 23.4 Å². The van der Waals surface area contributed by atoms with Crippen molar-refractivity contribution in [3.05, 3.63) is 35.9 Å². The van der Waals surface area contributed by atoms with E-state index in [1.54, 1.807) is 6.92 Å². The number of imide groups is 1. The van der Waals surface area contributed by atoms with E-state index in [0.29, 0.717) is 6.42 Å². The van der Waals surface area contributed by atoms with E-state index in [-0.39, 0.29) is 12.8 Å². The van der Waals surface area contributed by atoms with Gasteiger partial charge in [0.25, 0.3) is 5.91 Å². The minimum absolute atomic E-state index is 0.0979. The van der Waals surface area contributed by atoms with Crippen LogP contribution in [0.5, 0.6) is 0 Å². The Morgan fingerprint density at radius 3 is 2.43 bits per heavy atom. The van der Waals surface area contributed by atoms with E-state index in [1.807, 2.05) is 37.3 Å². The highest BCUT2D eigenvalue weighted by Gasteiger charge is 2.49. The van der Waals surface area contributed by atoms with Crippen LogP contribution in [0.25, 0.3) is 0 Å². The summed E-state index contributed by atoms with van der Waals surface area (Å²) in [5.41, 5.74) is -0.503. The van der Waals surface area contributed by atoms with Crippen LogP contribution in [0.3, 0.4) is 0 Å². The maximum absolute atomic E-state index is 12.4. The minimum atomic E-state index is -1.35. The summed E-state index contributed by atoms with van der Waals surface area (Å²) >= 11 is 0. The van der Waals surface area contributed by atoms with E-state index >= 15 is 0 Å². The van der Waals surface area contributed by atoms with Gasteiger partial charge in [0.15, 0.2) is 5.60 Å². The number of hydrogen-bond donors (Lipinski definition) is 1. The Bertz CT molecular complexity index is 555. The number of hydrogen-bond acceptors (Lipinski definition) is 4. The molecule has 5 heteroatoms. The third-order valence-electron chi connectivity index (χ3n) is 3.87. The molecule has 1 heterocycles. The van der Waals surface area contributed by atoms with Crippen LogP contribution in [0.1, 0.15) is 44.6 Å². The first-order valence-electron chi connectivity index (χ1n) is 7.14. The summed E-state index contributed by atoms with van der Waals surface area (Å²) in [4.78, 5) is 35.7. The molecule has 21 heavy (non-hydrogen) atoms. The van der Waals surface area contributed by atoms with Gasteiger partial charge in [0.1, 0.15) is 0 Å². The maximum atomic E-state index is 12.4. The first kappa shape index (κ1) is 15.2. The minimum Gasteiger partial charge on any atom is -0.448 e. The predicted octanol–water partition coefficient (Wildman–Crippen LogP) is 1.92. The molecular weight excluding hydrogens is 270 g/mol. The monoisotopic (exact) mass is 289 g/mol. The van der Waals surface area contributed by atoms with Crippen molar-refractivity contribution in [2.45, 2.75) is 44.6 Å². The molecule has 1 aliphatic heterocycles. The molecule has 1 saturated heterocycles. The summed E-state index contributed by atoms with van der Waals surface area (Å²) in [7, 11) is 0. The number of amides is 2. The van der Waals surface area contributed by atoms with E-state index in [1.165, 1.54) is 0 Å². The molecule has 112 valence electrons. The largest absolute Gasteiger partial charge is 0.448 e. The molecule has 0 aliphatic carbocycles. The van der Waals surface area contributed by atoms with Crippen LogP contribution in [0.4, 0.5) is 0 Å². The van der Waals surface area contributed by atoms with Crippen molar-refractivity contribution in [2.24, 2.45) is 0 Å². The number of rotatable bonds is 5. The Morgan fingerprint density at radius 1 is 1.29 bits per heavy atom. The maximum Gasteiger partial charge on any atom is 0.314 e. The second-order valence-electron chi connectivity index (χ2n) is 5.19. The van der Waals surface area contributed by atoms with Gasteiger partial charge in [0, 0.05) is 0 Å². The molecule has 0 saturated carbocycles. The first-order valence-corrected chi connectivity index (χ1v) is 7.14. The van der Waals surface area contributed by atoms with Crippen molar-refractivity contribution < 1.29 is 19.1 Å². The first-order chi connectivity index (χ1) is 10.0. The standard InChI is InChI=1S/C16H19NO4/c1-3-12(11-8-6-5-7-9-11)14(19)21-16(4-2)10-13(18)17-15(16)20/h5-9,12H,3-4,10H2,1-2H3,(H,17,18,20). The number of esters is 1. The fourth-order valence-electron chi connectivity index (χ4n) is 2.55. The van der Waals surface area contributed by atoms with Crippen molar-refractivity contribution in [1.82, 2.24) is 5.32 Å². The number of benzene rings is 1. The molecule has 1 fully saturated rings. The Hall–Kier alpha value is -2.17. The van der Waals surface area contributed by atoms with Crippen LogP contribution in [0.15, 0.2) is 30.3 Å². The summed E-state index contributed by atoms with van der Waals surface area (Å²) in [5.74, 6) is -1.82. The predicted molar refractivity (Wildman–Crippen MR) is 76.4 cm³/mol.